The smallest absolute Gasteiger partial charge is 0.305 e. The van der Waals surface area contributed by atoms with E-state index in [1.54, 1.807) is 10.9 Å². The van der Waals surface area contributed by atoms with E-state index in [2.05, 4.69) is 10.3 Å². The topological polar surface area (TPSA) is 79.3 Å². The highest BCUT2D eigenvalue weighted by molar-refractivity contribution is 7.07. The van der Waals surface area contributed by atoms with Crippen molar-refractivity contribution in [2.24, 2.45) is 0 Å². The zero-order valence-corrected chi connectivity index (χ0v) is 9.42. The van der Waals surface area contributed by atoms with Crippen LogP contribution in [0.5, 0.6) is 0 Å². The van der Waals surface area contributed by atoms with E-state index in [1.807, 2.05) is 0 Å². The molecule has 86 valence electrons. The van der Waals surface area contributed by atoms with Gasteiger partial charge in [-0.1, -0.05) is 0 Å². The number of nitrogens with one attached hydrogen (secondary N) is 1. The Bertz CT molecular complexity index is 398. The van der Waals surface area contributed by atoms with Gasteiger partial charge in [0, 0.05) is 5.38 Å². The Morgan fingerprint density at radius 2 is 2.31 bits per heavy atom. The first-order chi connectivity index (χ1) is 7.61. The lowest BCUT2D eigenvalue weighted by Gasteiger charge is -2.41. The molecule has 0 radical (unpaired) electrons. The first kappa shape index (κ1) is 11.1. The maximum absolute atomic E-state index is 11.7. The molecule has 0 atom stereocenters. The number of carboxylic acids is 1. The van der Waals surface area contributed by atoms with Crippen LogP contribution < -0.4 is 5.32 Å². The lowest BCUT2D eigenvalue weighted by molar-refractivity contribution is -0.139. The van der Waals surface area contributed by atoms with Crippen LogP contribution in [0.15, 0.2) is 10.9 Å². The molecular weight excluding hydrogens is 228 g/mol. The average molecular weight is 240 g/mol. The number of carbonyl (C=O) groups excluding carboxylic acids is 1. The van der Waals surface area contributed by atoms with Crippen molar-refractivity contribution in [1.29, 1.82) is 0 Å². The number of hydrogen-bond donors (Lipinski definition) is 2. The lowest BCUT2D eigenvalue weighted by atomic mass is 9.74. The summed E-state index contributed by atoms with van der Waals surface area (Å²) in [6, 6.07) is 0. The molecule has 2 N–H and O–H groups in total. The fourth-order valence-corrected chi connectivity index (χ4v) is 2.40. The molecule has 1 saturated carbocycles. The predicted octanol–water partition coefficient (Wildman–Crippen LogP) is 1.27. The van der Waals surface area contributed by atoms with Crippen LogP contribution in [-0.2, 0) is 4.79 Å². The zero-order valence-electron chi connectivity index (χ0n) is 8.60. The Hall–Kier alpha value is -1.43. The molecule has 6 heteroatoms. The van der Waals surface area contributed by atoms with Gasteiger partial charge in [0.15, 0.2) is 0 Å². The number of hydrogen-bond acceptors (Lipinski definition) is 4. The number of carbonyl (C=O) groups is 2. The number of aromatic nitrogens is 1. The fraction of sp³-hybridized carbons (Fsp3) is 0.500. The molecule has 0 aliphatic heterocycles. The molecule has 5 nitrogen and oxygen atoms in total. The van der Waals surface area contributed by atoms with Crippen molar-refractivity contribution in [3.05, 3.63) is 16.6 Å². The number of rotatable bonds is 4. The van der Waals surface area contributed by atoms with Gasteiger partial charge in [-0.05, 0) is 19.3 Å². The standard InChI is InChI=1S/C10H12N2O3S/c13-8(14)4-10(2-1-3-10)12-9(15)7-5-16-6-11-7/h5-6H,1-4H2,(H,12,15)(H,13,14). The number of carboxylic acid groups (broad SMARTS) is 1. The monoisotopic (exact) mass is 240 g/mol. The van der Waals surface area contributed by atoms with Crippen molar-refractivity contribution in [3.63, 3.8) is 0 Å². The van der Waals surface area contributed by atoms with Crippen molar-refractivity contribution >= 4 is 23.2 Å². The number of nitrogens with zero attached hydrogens (tertiary/aromatic N) is 1. The van der Waals surface area contributed by atoms with E-state index in [1.165, 1.54) is 11.3 Å². The third-order valence-corrected chi connectivity index (χ3v) is 3.43. The molecule has 16 heavy (non-hydrogen) atoms. The van der Waals surface area contributed by atoms with Crippen LogP contribution in [-0.4, -0.2) is 27.5 Å². The van der Waals surface area contributed by atoms with Gasteiger partial charge in [0.25, 0.3) is 5.91 Å². The molecule has 2 rings (SSSR count). The first-order valence-electron chi connectivity index (χ1n) is 5.04. The molecule has 1 fully saturated rings. The van der Waals surface area contributed by atoms with E-state index in [4.69, 9.17) is 5.11 Å². The van der Waals surface area contributed by atoms with E-state index in [0.29, 0.717) is 5.69 Å². The van der Waals surface area contributed by atoms with E-state index in [0.717, 1.165) is 19.3 Å². The maximum Gasteiger partial charge on any atom is 0.305 e. The Morgan fingerprint density at radius 3 is 2.75 bits per heavy atom. The fourth-order valence-electron chi connectivity index (χ4n) is 1.87. The van der Waals surface area contributed by atoms with Gasteiger partial charge in [-0.3, -0.25) is 9.59 Å². The molecule has 1 aromatic rings. The third kappa shape index (κ3) is 2.21. The highest BCUT2D eigenvalue weighted by atomic mass is 32.1. The van der Waals surface area contributed by atoms with E-state index in [9.17, 15) is 9.59 Å². The predicted molar refractivity (Wildman–Crippen MR) is 58.4 cm³/mol. The van der Waals surface area contributed by atoms with E-state index >= 15 is 0 Å². The summed E-state index contributed by atoms with van der Waals surface area (Å²) < 4.78 is 0. The number of aliphatic carboxylic acids is 1. The second-order valence-corrected chi connectivity index (χ2v) is 4.75. The lowest BCUT2D eigenvalue weighted by Crippen LogP contribution is -2.54. The van der Waals surface area contributed by atoms with Gasteiger partial charge in [0.05, 0.1) is 17.5 Å². The van der Waals surface area contributed by atoms with Crippen molar-refractivity contribution in [2.75, 3.05) is 0 Å². The van der Waals surface area contributed by atoms with Crippen LogP contribution in [0.25, 0.3) is 0 Å². The molecule has 1 heterocycles. The minimum atomic E-state index is -0.877. The molecule has 1 aromatic heterocycles. The molecular formula is C10H12N2O3S. The van der Waals surface area contributed by atoms with Crippen molar-refractivity contribution in [3.8, 4) is 0 Å². The normalized spacial score (nSPS) is 17.5. The van der Waals surface area contributed by atoms with Gasteiger partial charge >= 0.3 is 5.97 Å². The summed E-state index contributed by atoms with van der Waals surface area (Å²) in [5, 5.41) is 13.2. The molecule has 0 saturated heterocycles. The summed E-state index contributed by atoms with van der Waals surface area (Å²) in [6.45, 7) is 0. The number of amides is 1. The van der Waals surface area contributed by atoms with Crippen molar-refractivity contribution < 1.29 is 14.7 Å². The van der Waals surface area contributed by atoms with Gasteiger partial charge in [-0.2, -0.15) is 0 Å². The summed E-state index contributed by atoms with van der Waals surface area (Å²) in [5.41, 5.74) is 1.40. The van der Waals surface area contributed by atoms with Gasteiger partial charge in [0.1, 0.15) is 5.69 Å². The second-order valence-electron chi connectivity index (χ2n) is 4.03. The largest absolute Gasteiger partial charge is 0.481 e. The van der Waals surface area contributed by atoms with E-state index < -0.39 is 11.5 Å². The second kappa shape index (κ2) is 4.21. The zero-order chi connectivity index (χ0) is 11.6. The molecule has 1 aliphatic carbocycles. The van der Waals surface area contributed by atoms with Crippen molar-refractivity contribution in [1.82, 2.24) is 10.3 Å². The summed E-state index contributed by atoms with van der Waals surface area (Å²) >= 11 is 1.35. The quantitative estimate of drug-likeness (QED) is 0.830. The first-order valence-corrected chi connectivity index (χ1v) is 5.98. The molecule has 0 unspecified atom stereocenters. The Labute approximate surface area is 96.5 Å². The Balaban J connectivity index is 2.02. The van der Waals surface area contributed by atoms with Crippen LogP contribution in [0.4, 0.5) is 0 Å². The summed E-state index contributed by atoms with van der Waals surface area (Å²) in [7, 11) is 0. The van der Waals surface area contributed by atoms with Crippen LogP contribution in [0, 0.1) is 0 Å². The Kier molecular flexibility index (Phi) is 2.91. The van der Waals surface area contributed by atoms with Crippen LogP contribution in [0.1, 0.15) is 36.2 Å². The highest BCUT2D eigenvalue weighted by Crippen LogP contribution is 2.35. The van der Waals surface area contributed by atoms with Crippen LogP contribution in [0.3, 0.4) is 0 Å². The van der Waals surface area contributed by atoms with Gasteiger partial charge < -0.3 is 10.4 Å². The van der Waals surface area contributed by atoms with E-state index in [-0.39, 0.29) is 12.3 Å². The molecule has 1 aliphatic rings. The van der Waals surface area contributed by atoms with Crippen LogP contribution in [0.2, 0.25) is 0 Å². The van der Waals surface area contributed by atoms with Gasteiger partial charge in [-0.25, -0.2) is 4.98 Å². The molecule has 0 spiro atoms. The SMILES string of the molecule is O=C(O)CC1(NC(=O)c2cscn2)CCC1. The molecule has 0 aromatic carbocycles. The minimum absolute atomic E-state index is 0.0110. The average Bonchev–Trinajstić information content (AvgIpc) is 2.66. The van der Waals surface area contributed by atoms with Gasteiger partial charge in [-0.15, -0.1) is 11.3 Å². The summed E-state index contributed by atoms with van der Waals surface area (Å²) in [4.78, 5) is 26.3. The highest BCUT2D eigenvalue weighted by Gasteiger charge is 2.40. The maximum atomic E-state index is 11.7. The van der Waals surface area contributed by atoms with Gasteiger partial charge in [0.2, 0.25) is 0 Å². The Morgan fingerprint density at radius 1 is 1.56 bits per heavy atom. The minimum Gasteiger partial charge on any atom is -0.481 e. The summed E-state index contributed by atoms with van der Waals surface area (Å²) in [6.07, 6.45) is 2.41. The molecule has 0 bridgehead atoms. The number of thiazole rings is 1. The third-order valence-electron chi connectivity index (χ3n) is 2.84. The molecule has 1 amide bonds. The van der Waals surface area contributed by atoms with Crippen LogP contribution >= 0.6 is 11.3 Å². The summed E-state index contributed by atoms with van der Waals surface area (Å²) in [5.74, 6) is -1.15. The van der Waals surface area contributed by atoms with Crippen molar-refractivity contribution in [2.45, 2.75) is 31.2 Å².